The van der Waals surface area contributed by atoms with Crippen LogP contribution in [0.1, 0.15) is 30.9 Å². The Labute approximate surface area is 170 Å². The summed E-state index contributed by atoms with van der Waals surface area (Å²) in [6, 6.07) is 14.5. The summed E-state index contributed by atoms with van der Waals surface area (Å²) < 4.78 is 6.85. The summed E-state index contributed by atoms with van der Waals surface area (Å²) in [6.45, 7) is 6.20. The van der Waals surface area contributed by atoms with Crippen molar-refractivity contribution in [2.45, 2.75) is 32.6 Å². The van der Waals surface area contributed by atoms with Crippen molar-refractivity contribution in [3.63, 3.8) is 0 Å². The number of halogens is 2. The van der Waals surface area contributed by atoms with Gasteiger partial charge < -0.3 is 9.64 Å². The monoisotopic (exact) mass is 435 g/mol. The molecule has 0 atom stereocenters. The molecule has 0 saturated carbocycles. The van der Waals surface area contributed by atoms with Gasteiger partial charge >= 0.3 is 0 Å². The molecule has 0 aliphatic carbocycles. The number of benzene rings is 2. The van der Waals surface area contributed by atoms with Crippen LogP contribution in [0.5, 0.6) is 5.75 Å². The minimum Gasteiger partial charge on any atom is -0.494 e. The Balaban J connectivity index is 1.48. The van der Waals surface area contributed by atoms with Crippen molar-refractivity contribution in [3.8, 4) is 5.75 Å². The van der Waals surface area contributed by atoms with Crippen molar-refractivity contribution in [1.29, 1.82) is 0 Å². The molecular formula is C22H27BrClNO. The number of piperidine rings is 1. The molecule has 2 aromatic carbocycles. The van der Waals surface area contributed by atoms with Gasteiger partial charge in [-0.15, -0.1) is 0 Å². The summed E-state index contributed by atoms with van der Waals surface area (Å²) in [5.41, 5.74) is 2.62. The molecule has 2 nitrogen and oxygen atoms in total. The highest BCUT2D eigenvalue weighted by Crippen LogP contribution is 2.29. The first kappa shape index (κ1) is 19.7. The molecule has 0 bridgehead atoms. The van der Waals surface area contributed by atoms with E-state index in [1.807, 2.05) is 25.1 Å². The van der Waals surface area contributed by atoms with Gasteiger partial charge in [-0.05, 0) is 87.0 Å². The first-order valence-electron chi connectivity index (χ1n) is 9.52. The van der Waals surface area contributed by atoms with E-state index in [4.69, 9.17) is 16.3 Å². The molecular weight excluding hydrogens is 410 g/mol. The van der Waals surface area contributed by atoms with Crippen LogP contribution in [0.4, 0.5) is 0 Å². The van der Waals surface area contributed by atoms with Crippen LogP contribution in [0.15, 0.2) is 46.9 Å². The van der Waals surface area contributed by atoms with Gasteiger partial charge in [0.05, 0.1) is 6.61 Å². The molecule has 1 heterocycles. The summed E-state index contributed by atoms with van der Waals surface area (Å²) in [7, 11) is 0. The minimum absolute atomic E-state index is 0.713. The Hall–Kier alpha value is -1.03. The van der Waals surface area contributed by atoms with E-state index in [0.29, 0.717) is 6.61 Å². The predicted molar refractivity (Wildman–Crippen MR) is 113 cm³/mol. The van der Waals surface area contributed by atoms with E-state index >= 15 is 0 Å². The van der Waals surface area contributed by atoms with E-state index < -0.39 is 0 Å². The van der Waals surface area contributed by atoms with Crippen molar-refractivity contribution in [2.75, 3.05) is 26.2 Å². The largest absolute Gasteiger partial charge is 0.494 e. The van der Waals surface area contributed by atoms with Crippen LogP contribution in [-0.4, -0.2) is 31.1 Å². The Bertz CT molecular complexity index is 713. The predicted octanol–water partition coefficient (Wildman–Crippen LogP) is 6.00. The Morgan fingerprint density at radius 2 is 1.88 bits per heavy atom. The molecule has 0 N–H and O–H groups in total. The molecule has 3 rings (SSSR count). The topological polar surface area (TPSA) is 12.5 Å². The Morgan fingerprint density at radius 1 is 1.12 bits per heavy atom. The van der Waals surface area contributed by atoms with Crippen molar-refractivity contribution in [2.24, 2.45) is 5.92 Å². The molecule has 0 unspecified atom stereocenters. The minimum atomic E-state index is 0.713. The summed E-state index contributed by atoms with van der Waals surface area (Å²) in [4.78, 5) is 2.57. The third-order valence-electron chi connectivity index (χ3n) is 5.20. The highest BCUT2D eigenvalue weighted by Gasteiger charge is 2.20. The van der Waals surface area contributed by atoms with Crippen molar-refractivity contribution in [1.82, 2.24) is 4.90 Å². The number of likely N-dealkylation sites (tertiary alicyclic amines) is 1. The zero-order valence-electron chi connectivity index (χ0n) is 15.4. The van der Waals surface area contributed by atoms with Gasteiger partial charge in [0, 0.05) is 16.0 Å². The first-order chi connectivity index (χ1) is 12.7. The van der Waals surface area contributed by atoms with Crippen molar-refractivity contribution >= 4 is 27.5 Å². The lowest BCUT2D eigenvalue weighted by atomic mass is 9.90. The van der Waals surface area contributed by atoms with Crippen LogP contribution < -0.4 is 4.74 Å². The first-order valence-corrected chi connectivity index (χ1v) is 10.7. The zero-order valence-corrected chi connectivity index (χ0v) is 17.7. The van der Waals surface area contributed by atoms with E-state index in [2.05, 4.69) is 45.1 Å². The maximum atomic E-state index is 6.27. The van der Waals surface area contributed by atoms with Gasteiger partial charge in [-0.2, -0.15) is 0 Å². The van der Waals surface area contributed by atoms with Gasteiger partial charge in [0.2, 0.25) is 0 Å². The summed E-state index contributed by atoms with van der Waals surface area (Å²) in [5.74, 6) is 1.72. The quantitative estimate of drug-likeness (QED) is 0.528. The van der Waals surface area contributed by atoms with E-state index in [9.17, 15) is 0 Å². The molecule has 1 aliphatic rings. The highest BCUT2D eigenvalue weighted by molar-refractivity contribution is 9.10. The van der Waals surface area contributed by atoms with Crippen LogP contribution in [0.3, 0.4) is 0 Å². The summed E-state index contributed by atoms with van der Waals surface area (Å²) in [6.07, 6.45) is 4.67. The maximum absolute atomic E-state index is 6.27. The molecule has 0 amide bonds. The van der Waals surface area contributed by atoms with Crippen LogP contribution in [0.2, 0.25) is 5.02 Å². The van der Waals surface area contributed by atoms with E-state index in [1.54, 1.807) is 0 Å². The second-order valence-electron chi connectivity index (χ2n) is 7.02. The third-order valence-corrected chi connectivity index (χ3v) is 6.34. The molecule has 0 aromatic heterocycles. The number of hydrogen-bond acceptors (Lipinski definition) is 2. The standard InChI is InChI=1S/C22H27BrClNO/c1-2-26-20-7-8-21(23)19(16-20)15-17-9-12-25(13-10-17)14-11-18-5-3-4-6-22(18)24/h3-8,16-17H,2,9-15H2,1H3. The molecule has 26 heavy (non-hydrogen) atoms. The fourth-order valence-corrected chi connectivity index (χ4v) is 4.31. The highest BCUT2D eigenvalue weighted by atomic mass is 79.9. The van der Waals surface area contributed by atoms with Crippen LogP contribution >= 0.6 is 27.5 Å². The normalized spacial score (nSPS) is 16.0. The molecule has 1 fully saturated rings. The Kier molecular flexibility index (Phi) is 7.42. The van der Waals surface area contributed by atoms with E-state index in [1.165, 1.54) is 41.5 Å². The average molecular weight is 437 g/mol. The summed E-state index contributed by atoms with van der Waals surface area (Å²) in [5, 5.41) is 0.890. The van der Waals surface area contributed by atoms with Crippen LogP contribution in [0.25, 0.3) is 0 Å². The smallest absolute Gasteiger partial charge is 0.119 e. The van der Waals surface area contributed by atoms with E-state index in [0.717, 1.165) is 36.1 Å². The second-order valence-corrected chi connectivity index (χ2v) is 8.28. The van der Waals surface area contributed by atoms with Gasteiger partial charge in [-0.1, -0.05) is 45.7 Å². The number of nitrogens with zero attached hydrogens (tertiary/aromatic N) is 1. The lowest BCUT2D eigenvalue weighted by molar-refractivity contribution is 0.185. The van der Waals surface area contributed by atoms with Gasteiger partial charge in [-0.25, -0.2) is 0 Å². The van der Waals surface area contributed by atoms with Crippen molar-refractivity contribution < 1.29 is 4.74 Å². The SMILES string of the molecule is CCOc1ccc(Br)c(CC2CCN(CCc3ccccc3Cl)CC2)c1. The average Bonchev–Trinajstić information content (AvgIpc) is 2.65. The molecule has 1 aliphatic heterocycles. The molecule has 4 heteroatoms. The molecule has 2 aromatic rings. The number of rotatable bonds is 7. The maximum Gasteiger partial charge on any atom is 0.119 e. The summed E-state index contributed by atoms with van der Waals surface area (Å²) >= 11 is 9.97. The van der Waals surface area contributed by atoms with Gasteiger partial charge in [0.15, 0.2) is 0 Å². The fourth-order valence-electron chi connectivity index (χ4n) is 3.67. The number of ether oxygens (including phenoxy) is 1. The molecule has 0 radical (unpaired) electrons. The molecule has 140 valence electrons. The fraction of sp³-hybridized carbons (Fsp3) is 0.455. The Morgan fingerprint density at radius 3 is 2.62 bits per heavy atom. The molecule has 1 saturated heterocycles. The number of hydrogen-bond donors (Lipinski definition) is 0. The third kappa shape index (κ3) is 5.48. The van der Waals surface area contributed by atoms with Crippen LogP contribution in [0, 0.1) is 5.92 Å². The lowest BCUT2D eigenvalue weighted by Gasteiger charge is -2.32. The molecule has 0 spiro atoms. The van der Waals surface area contributed by atoms with Crippen LogP contribution in [-0.2, 0) is 12.8 Å². The second kappa shape index (κ2) is 9.77. The lowest BCUT2D eigenvalue weighted by Crippen LogP contribution is -2.35. The van der Waals surface area contributed by atoms with Crippen molar-refractivity contribution in [3.05, 3.63) is 63.1 Å². The van der Waals surface area contributed by atoms with Gasteiger partial charge in [0.25, 0.3) is 0 Å². The zero-order chi connectivity index (χ0) is 18.4. The van der Waals surface area contributed by atoms with Gasteiger partial charge in [0.1, 0.15) is 5.75 Å². The van der Waals surface area contributed by atoms with E-state index in [-0.39, 0.29) is 0 Å². The van der Waals surface area contributed by atoms with Gasteiger partial charge in [-0.3, -0.25) is 0 Å².